The van der Waals surface area contributed by atoms with Gasteiger partial charge in [-0.15, -0.1) is 0 Å². The molecule has 1 amide bonds. The Bertz CT molecular complexity index is 944. The third kappa shape index (κ3) is 5.35. The first-order valence-electron chi connectivity index (χ1n) is 7.92. The molecular weight excluding hydrogens is 373 g/mol. The molecule has 0 aromatic heterocycles. The van der Waals surface area contributed by atoms with E-state index in [9.17, 15) is 17.6 Å². The zero-order valence-electron chi connectivity index (χ0n) is 15.1. The van der Waals surface area contributed by atoms with Crippen LogP contribution in [0.25, 0.3) is 0 Å². The van der Waals surface area contributed by atoms with Crippen LogP contribution in [0.5, 0.6) is 5.75 Å². The van der Waals surface area contributed by atoms with Crippen LogP contribution in [0.15, 0.2) is 52.5 Å². The van der Waals surface area contributed by atoms with E-state index in [1.165, 1.54) is 44.6 Å². The minimum Gasteiger partial charge on any atom is -0.494 e. The Kier molecular flexibility index (Phi) is 6.65. The summed E-state index contributed by atoms with van der Waals surface area (Å²) in [5.74, 6) is -1.09. The maximum absolute atomic E-state index is 13.6. The SMILES string of the molecule is COc1ccc(/C=N\NC(=O)CN(C)S(=O)(=O)c2ccc(C)cc2)cc1F. The standard InChI is InChI=1S/C18H20FN3O4S/c1-13-4-7-15(8-5-13)27(24,25)22(2)12-18(23)21-20-11-14-6-9-17(26-3)16(19)10-14/h4-11H,12H2,1-3H3,(H,21,23)/b20-11-. The highest BCUT2D eigenvalue weighted by Gasteiger charge is 2.22. The Morgan fingerprint density at radius 2 is 1.93 bits per heavy atom. The first kappa shape index (κ1) is 20.5. The van der Waals surface area contributed by atoms with Gasteiger partial charge < -0.3 is 4.74 Å². The predicted molar refractivity (Wildman–Crippen MR) is 99.7 cm³/mol. The van der Waals surface area contributed by atoms with Gasteiger partial charge in [0.25, 0.3) is 5.91 Å². The number of methoxy groups -OCH3 is 1. The normalized spacial score (nSPS) is 11.7. The van der Waals surface area contributed by atoms with Gasteiger partial charge in [-0.2, -0.15) is 9.41 Å². The number of halogens is 1. The zero-order valence-corrected chi connectivity index (χ0v) is 16.0. The molecule has 0 spiro atoms. The number of rotatable bonds is 7. The zero-order chi connectivity index (χ0) is 20.0. The first-order valence-corrected chi connectivity index (χ1v) is 9.36. The number of amides is 1. The largest absolute Gasteiger partial charge is 0.494 e. The maximum atomic E-state index is 13.6. The fraction of sp³-hybridized carbons (Fsp3) is 0.222. The van der Waals surface area contributed by atoms with Crippen molar-refractivity contribution in [2.45, 2.75) is 11.8 Å². The molecule has 2 aromatic rings. The van der Waals surface area contributed by atoms with E-state index in [1.54, 1.807) is 18.2 Å². The Morgan fingerprint density at radius 1 is 1.26 bits per heavy atom. The monoisotopic (exact) mass is 393 g/mol. The fourth-order valence-electron chi connectivity index (χ4n) is 2.15. The number of carbonyl (C=O) groups excluding carboxylic acids is 1. The van der Waals surface area contributed by atoms with E-state index in [-0.39, 0.29) is 10.6 Å². The van der Waals surface area contributed by atoms with Gasteiger partial charge in [0, 0.05) is 7.05 Å². The summed E-state index contributed by atoms with van der Waals surface area (Å²) in [7, 11) is -1.13. The summed E-state index contributed by atoms with van der Waals surface area (Å²) >= 11 is 0. The third-order valence-corrected chi connectivity index (χ3v) is 5.49. The lowest BCUT2D eigenvalue weighted by Gasteiger charge is -2.16. The van der Waals surface area contributed by atoms with Gasteiger partial charge in [0.15, 0.2) is 11.6 Å². The molecule has 144 valence electrons. The molecule has 0 atom stereocenters. The second kappa shape index (κ2) is 8.74. The maximum Gasteiger partial charge on any atom is 0.255 e. The van der Waals surface area contributed by atoms with Crippen LogP contribution < -0.4 is 10.2 Å². The molecule has 2 aromatic carbocycles. The molecule has 0 saturated carbocycles. The summed E-state index contributed by atoms with van der Waals surface area (Å²) in [4.78, 5) is 12.0. The van der Waals surface area contributed by atoms with Crippen LogP contribution in [-0.4, -0.2) is 45.5 Å². The van der Waals surface area contributed by atoms with E-state index in [4.69, 9.17) is 4.74 Å². The van der Waals surface area contributed by atoms with E-state index in [0.717, 1.165) is 9.87 Å². The Morgan fingerprint density at radius 3 is 2.52 bits per heavy atom. The highest BCUT2D eigenvalue weighted by Crippen LogP contribution is 2.17. The number of benzene rings is 2. The summed E-state index contributed by atoms with van der Waals surface area (Å²) in [6.45, 7) is 1.44. The topological polar surface area (TPSA) is 88.1 Å². The summed E-state index contributed by atoms with van der Waals surface area (Å²) in [6.07, 6.45) is 1.24. The molecule has 0 fully saturated rings. The molecule has 0 saturated heterocycles. The van der Waals surface area contributed by atoms with Gasteiger partial charge in [0.2, 0.25) is 10.0 Å². The van der Waals surface area contributed by atoms with Crippen LogP contribution >= 0.6 is 0 Å². The molecule has 0 radical (unpaired) electrons. The van der Waals surface area contributed by atoms with E-state index in [1.807, 2.05) is 6.92 Å². The molecule has 0 bridgehead atoms. The van der Waals surface area contributed by atoms with Crippen molar-refractivity contribution in [2.24, 2.45) is 5.10 Å². The lowest BCUT2D eigenvalue weighted by molar-refractivity contribution is -0.121. The molecule has 1 N–H and O–H groups in total. The lowest BCUT2D eigenvalue weighted by Crippen LogP contribution is -2.36. The number of nitrogens with zero attached hydrogens (tertiary/aromatic N) is 2. The minimum absolute atomic E-state index is 0.0964. The smallest absolute Gasteiger partial charge is 0.255 e. The number of nitrogens with one attached hydrogen (secondary N) is 1. The van der Waals surface area contributed by atoms with Gasteiger partial charge in [0.05, 0.1) is 24.8 Å². The highest BCUT2D eigenvalue weighted by molar-refractivity contribution is 7.89. The summed E-state index contributed by atoms with van der Waals surface area (Å²) in [5, 5.41) is 3.70. The molecule has 9 heteroatoms. The second-order valence-corrected chi connectivity index (χ2v) is 7.81. The van der Waals surface area contributed by atoms with Crippen molar-refractivity contribution in [3.63, 3.8) is 0 Å². The molecule has 0 aliphatic heterocycles. The number of hydrogen-bond acceptors (Lipinski definition) is 5. The van der Waals surface area contributed by atoms with Crippen molar-refractivity contribution in [3.05, 3.63) is 59.4 Å². The van der Waals surface area contributed by atoms with Crippen LogP contribution in [0, 0.1) is 12.7 Å². The minimum atomic E-state index is -3.78. The summed E-state index contributed by atoms with van der Waals surface area (Å²) < 4.78 is 44.2. The van der Waals surface area contributed by atoms with Crippen LogP contribution in [-0.2, 0) is 14.8 Å². The third-order valence-electron chi connectivity index (χ3n) is 3.67. The van der Waals surface area contributed by atoms with Gasteiger partial charge in [-0.3, -0.25) is 4.79 Å². The molecule has 0 unspecified atom stereocenters. The van der Waals surface area contributed by atoms with Gasteiger partial charge in [0.1, 0.15) is 0 Å². The van der Waals surface area contributed by atoms with Crippen molar-refractivity contribution in [1.82, 2.24) is 9.73 Å². The molecule has 0 aliphatic rings. The molecule has 2 rings (SSSR count). The number of likely N-dealkylation sites (N-methyl/N-ethyl adjacent to an activating group) is 1. The molecule has 27 heavy (non-hydrogen) atoms. The fourth-order valence-corrected chi connectivity index (χ4v) is 3.28. The Labute approximate surface area is 157 Å². The number of hydrazone groups is 1. The molecule has 7 nitrogen and oxygen atoms in total. The van der Waals surface area contributed by atoms with E-state index in [0.29, 0.717) is 5.56 Å². The Balaban J connectivity index is 1.96. The van der Waals surface area contributed by atoms with Crippen LogP contribution in [0.1, 0.15) is 11.1 Å². The predicted octanol–water partition coefficient (Wildman–Crippen LogP) is 1.91. The molecule has 0 aliphatic carbocycles. The molecule has 0 heterocycles. The average molecular weight is 393 g/mol. The van der Waals surface area contributed by atoms with Crippen LogP contribution in [0.3, 0.4) is 0 Å². The van der Waals surface area contributed by atoms with Gasteiger partial charge in [-0.05, 0) is 42.8 Å². The van der Waals surface area contributed by atoms with E-state index in [2.05, 4.69) is 10.5 Å². The highest BCUT2D eigenvalue weighted by atomic mass is 32.2. The number of aryl methyl sites for hydroxylation is 1. The Hall–Kier alpha value is -2.78. The first-order chi connectivity index (χ1) is 12.7. The van der Waals surface area contributed by atoms with E-state index < -0.39 is 28.3 Å². The van der Waals surface area contributed by atoms with E-state index >= 15 is 0 Å². The van der Waals surface area contributed by atoms with Crippen molar-refractivity contribution in [1.29, 1.82) is 0 Å². The van der Waals surface area contributed by atoms with Gasteiger partial charge in [-0.1, -0.05) is 17.7 Å². The van der Waals surface area contributed by atoms with Crippen molar-refractivity contribution in [2.75, 3.05) is 20.7 Å². The van der Waals surface area contributed by atoms with Gasteiger partial charge in [-0.25, -0.2) is 18.2 Å². The number of ether oxygens (including phenoxy) is 1. The van der Waals surface area contributed by atoms with Crippen molar-refractivity contribution in [3.8, 4) is 5.75 Å². The number of hydrogen-bond donors (Lipinski definition) is 1. The number of carbonyl (C=O) groups is 1. The van der Waals surface area contributed by atoms with Crippen molar-refractivity contribution < 1.29 is 22.3 Å². The van der Waals surface area contributed by atoms with Gasteiger partial charge >= 0.3 is 0 Å². The summed E-state index contributed by atoms with van der Waals surface area (Å²) in [6, 6.07) is 10.5. The summed E-state index contributed by atoms with van der Waals surface area (Å²) in [5.41, 5.74) is 3.55. The number of sulfonamides is 1. The van der Waals surface area contributed by atoms with Crippen LogP contribution in [0.4, 0.5) is 4.39 Å². The van der Waals surface area contributed by atoms with Crippen LogP contribution in [0.2, 0.25) is 0 Å². The second-order valence-electron chi connectivity index (χ2n) is 5.76. The quantitative estimate of drug-likeness (QED) is 0.575. The van der Waals surface area contributed by atoms with Crippen molar-refractivity contribution >= 4 is 22.1 Å². The average Bonchev–Trinajstić information content (AvgIpc) is 2.62. The lowest BCUT2D eigenvalue weighted by atomic mass is 10.2. The molecular formula is C18H20FN3O4S.